The Morgan fingerprint density at radius 3 is 2.53 bits per heavy atom. The van der Waals surface area contributed by atoms with Gasteiger partial charge in [0.2, 0.25) is 17.1 Å². The zero-order valence-corrected chi connectivity index (χ0v) is 19.0. The Morgan fingerprint density at radius 1 is 1.03 bits per heavy atom. The van der Waals surface area contributed by atoms with E-state index >= 15 is 0 Å². The van der Waals surface area contributed by atoms with Crippen molar-refractivity contribution in [3.8, 4) is 0 Å². The van der Waals surface area contributed by atoms with Gasteiger partial charge in [0.25, 0.3) is 11.8 Å². The number of fused-ring (bicyclic) bond motifs is 1. The molecule has 2 aromatic rings. The van der Waals surface area contributed by atoms with Gasteiger partial charge in [0.1, 0.15) is 11.9 Å². The highest BCUT2D eigenvalue weighted by molar-refractivity contribution is 6.28. The SMILES string of the molecule is O=C1CCC(N2C(=O)c3ccc(CN(c4ccnc(Cl)n4)C4CCNCC4)cc3C2=O)C(=O)N1. The van der Waals surface area contributed by atoms with Crippen molar-refractivity contribution in [3.63, 3.8) is 0 Å². The lowest BCUT2D eigenvalue weighted by atomic mass is 10.0. The maximum absolute atomic E-state index is 13.2. The van der Waals surface area contributed by atoms with E-state index in [1.165, 1.54) is 0 Å². The Hall–Kier alpha value is -3.37. The van der Waals surface area contributed by atoms with Gasteiger partial charge in [-0.25, -0.2) is 9.97 Å². The van der Waals surface area contributed by atoms with Gasteiger partial charge in [-0.1, -0.05) is 6.07 Å². The summed E-state index contributed by atoms with van der Waals surface area (Å²) in [4.78, 5) is 61.4. The maximum atomic E-state index is 13.2. The topological polar surface area (TPSA) is 125 Å². The lowest BCUT2D eigenvalue weighted by Crippen LogP contribution is -2.54. The average molecular weight is 483 g/mol. The molecule has 11 heteroatoms. The second-order valence-electron chi connectivity index (χ2n) is 8.62. The highest BCUT2D eigenvalue weighted by atomic mass is 35.5. The predicted molar refractivity (Wildman–Crippen MR) is 122 cm³/mol. The number of nitrogens with one attached hydrogen (secondary N) is 2. The van der Waals surface area contributed by atoms with E-state index < -0.39 is 29.7 Å². The molecule has 0 radical (unpaired) electrons. The summed E-state index contributed by atoms with van der Waals surface area (Å²) < 4.78 is 0. The van der Waals surface area contributed by atoms with Crippen molar-refractivity contribution in [2.24, 2.45) is 0 Å². The van der Waals surface area contributed by atoms with Gasteiger partial charge in [-0.05, 0) is 67.7 Å². The van der Waals surface area contributed by atoms with Crippen molar-refractivity contribution in [3.05, 3.63) is 52.4 Å². The van der Waals surface area contributed by atoms with Crippen LogP contribution < -0.4 is 15.5 Å². The number of anilines is 1. The van der Waals surface area contributed by atoms with Gasteiger partial charge >= 0.3 is 0 Å². The summed E-state index contributed by atoms with van der Waals surface area (Å²) in [7, 11) is 0. The van der Waals surface area contributed by atoms with Crippen LogP contribution in [0.1, 0.15) is 52.0 Å². The largest absolute Gasteiger partial charge is 0.349 e. The number of carbonyl (C=O) groups excluding carboxylic acids is 4. The van der Waals surface area contributed by atoms with Crippen molar-refractivity contribution >= 4 is 41.0 Å². The highest BCUT2D eigenvalue weighted by Gasteiger charge is 2.44. The molecule has 2 saturated heterocycles. The fraction of sp³-hybridized carbons (Fsp3) is 0.391. The van der Waals surface area contributed by atoms with Crippen LogP contribution in [0.4, 0.5) is 5.82 Å². The van der Waals surface area contributed by atoms with Crippen molar-refractivity contribution in [2.75, 3.05) is 18.0 Å². The average Bonchev–Trinajstić information content (AvgIpc) is 3.08. The maximum Gasteiger partial charge on any atom is 0.262 e. The normalized spacial score (nSPS) is 21.0. The number of imide groups is 2. The number of hydrogen-bond donors (Lipinski definition) is 2. The highest BCUT2D eigenvalue weighted by Crippen LogP contribution is 2.30. The summed E-state index contributed by atoms with van der Waals surface area (Å²) in [5.41, 5.74) is 1.36. The number of halogens is 1. The van der Waals surface area contributed by atoms with Gasteiger partial charge in [0.05, 0.1) is 11.1 Å². The first-order chi connectivity index (χ1) is 16.4. The molecule has 1 atom stereocenters. The van der Waals surface area contributed by atoms with Gasteiger partial charge in [-0.3, -0.25) is 29.4 Å². The summed E-state index contributed by atoms with van der Waals surface area (Å²) >= 11 is 6.05. The lowest BCUT2D eigenvalue weighted by Gasteiger charge is -2.35. The molecular formula is C23H23ClN6O4. The molecule has 0 bridgehead atoms. The lowest BCUT2D eigenvalue weighted by molar-refractivity contribution is -0.136. The monoisotopic (exact) mass is 482 g/mol. The molecule has 5 rings (SSSR count). The first-order valence-electron chi connectivity index (χ1n) is 11.2. The van der Waals surface area contributed by atoms with E-state index in [4.69, 9.17) is 11.6 Å². The molecule has 1 aromatic carbocycles. The van der Waals surface area contributed by atoms with Crippen LogP contribution in [0.25, 0.3) is 0 Å². The van der Waals surface area contributed by atoms with E-state index in [1.54, 1.807) is 24.4 Å². The van der Waals surface area contributed by atoms with Crippen molar-refractivity contribution in [1.82, 2.24) is 25.5 Å². The third-order valence-electron chi connectivity index (χ3n) is 6.51. The Morgan fingerprint density at radius 2 is 1.79 bits per heavy atom. The third-order valence-corrected chi connectivity index (χ3v) is 6.69. The minimum atomic E-state index is -0.983. The van der Waals surface area contributed by atoms with Gasteiger partial charge in [-0.2, -0.15) is 0 Å². The summed E-state index contributed by atoms with van der Waals surface area (Å²) in [5.74, 6) is -1.36. The van der Waals surface area contributed by atoms with Crippen molar-refractivity contribution in [1.29, 1.82) is 0 Å². The molecule has 3 aliphatic rings. The summed E-state index contributed by atoms with van der Waals surface area (Å²) in [6.45, 7) is 2.24. The molecule has 0 spiro atoms. The Bertz CT molecular complexity index is 1180. The molecule has 3 aliphatic heterocycles. The van der Waals surface area contributed by atoms with Gasteiger partial charge in [0.15, 0.2) is 0 Å². The van der Waals surface area contributed by atoms with Crippen LogP contribution >= 0.6 is 11.6 Å². The Balaban J connectivity index is 1.42. The van der Waals surface area contributed by atoms with E-state index in [2.05, 4.69) is 25.5 Å². The standard InChI is InChI=1S/C23H23ClN6O4/c24-23-26-10-7-18(27-23)29(14-5-8-25-9-6-14)12-13-1-2-15-16(11-13)22(34)30(21(15)33)17-3-4-19(31)28-20(17)32/h1-2,7,10-11,14,17,25H,3-6,8-9,12H2,(H,28,31,32). The number of nitrogens with zero attached hydrogens (tertiary/aromatic N) is 4. The van der Waals surface area contributed by atoms with E-state index in [0.717, 1.165) is 36.4 Å². The first-order valence-corrected chi connectivity index (χ1v) is 11.6. The van der Waals surface area contributed by atoms with Crippen LogP contribution in [0.5, 0.6) is 0 Å². The molecule has 0 saturated carbocycles. The van der Waals surface area contributed by atoms with E-state index in [9.17, 15) is 19.2 Å². The van der Waals surface area contributed by atoms with Crippen molar-refractivity contribution in [2.45, 2.75) is 44.3 Å². The molecule has 10 nitrogen and oxygen atoms in total. The van der Waals surface area contributed by atoms with Crippen LogP contribution in [0.15, 0.2) is 30.5 Å². The second kappa shape index (κ2) is 9.11. The van der Waals surface area contributed by atoms with Gasteiger partial charge < -0.3 is 10.2 Å². The Labute approximate surface area is 200 Å². The Kier molecular flexibility index (Phi) is 6.01. The summed E-state index contributed by atoms with van der Waals surface area (Å²) in [5, 5.41) is 5.73. The molecule has 4 heterocycles. The molecule has 176 valence electrons. The molecule has 1 unspecified atom stereocenters. The number of piperidine rings is 2. The molecular weight excluding hydrogens is 460 g/mol. The quantitative estimate of drug-likeness (QED) is 0.482. The predicted octanol–water partition coefficient (Wildman–Crippen LogP) is 1.29. The number of hydrogen-bond acceptors (Lipinski definition) is 8. The van der Waals surface area contributed by atoms with E-state index in [1.807, 2.05) is 6.07 Å². The minimum Gasteiger partial charge on any atom is -0.349 e. The molecule has 2 N–H and O–H groups in total. The van der Waals surface area contributed by atoms with Gasteiger partial charge in [0, 0.05) is 25.2 Å². The first kappa shape index (κ1) is 22.4. The number of aromatic nitrogens is 2. The van der Waals surface area contributed by atoms with Crippen LogP contribution in [-0.4, -0.2) is 63.7 Å². The van der Waals surface area contributed by atoms with Crippen LogP contribution in [-0.2, 0) is 16.1 Å². The van der Waals surface area contributed by atoms with Gasteiger partial charge in [-0.15, -0.1) is 0 Å². The zero-order chi connectivity index (χ0) is 23.8. The minimum absolute atomic E-state index is 0.0851. The number of benzene rings is 1. The van der Waals surface area contributed by atoms with Crippen LogP contribution in [0.3, 0.4) is 0 Å². The third kappa shape index (κ3) is 4.14. The summed E-state index contributed by atoms with van der Waals surface area (Å²) in [6.07, 6.45) is 3.67. The smallest absolute Gasteiger partial charge is 0.262 e. The summed E-state index contributed by atoms with van der Waals surface area (Å²) in [6, 6.07) is 6.19. The van der Waals surface area contributed by atoms with Crippen molar-refractivity contribution < 1.29 is 19.2 Å². The zero-order valence-electron chi connectivity index (χ0n) is 18.3. The van der Waals surface area contributed by atoms with Crippen LogP contribution in [0.2, 0.25) is 5.28 Å². The van der Waals surface area contributed by atoms with E-state index in [0.29, 0.717) is 12.4 Å². The number of amides is 4. The van der Waals surface area contributed by atoms with Crippen LogP contribution in [0, 0.1) is 0 Å². The number of carbonyl (C=O) groups is 4. The number of rotatable bonds is 5. The molecule has 4 amide bonds. The van der Waals surface area contributed by atoms with E-state index in [-0.39, 0.29) is 35.3 Å². The molecule has 0 aliphatic carbocycles. The molecule has 34 heavy (non-hydrogen) atoms. The molecule has 1 aromatic heterocycles. The second-order valence-corrected chi connectivity index (χ2v) is 8.96. The fourth-order valence-corrected chi connectivity index (χ4v) is 4.96. The molecule has 2 fully saturated rings. The fourth-order valence-electron chi connectivity index (χ4n) is 4.81.